The molecule has 0 aromatic heterocycles. The van der Waals surface area contributed by atoms with Gasteiger partial charge in [-0.1, -0.05) is 0 Å². The van der Waals surface area contributed by atoms with Gasteiger partial charge in [-0.05, 0) is 6.92 Å². The fourth-order valence-electron chi connectivity index (χ4n) is 7.16. The number of esters is 9. The van der Waals surface area contributed by atoms with E-state index in [0.29, 0.717) is 0 Å². The zero-order valence-electron chi connectivity index (χ0n) is 36.1. The lowest BCUT2D eigenvalue weighted by atomic mass is 9.96. The molecule has 0 amide bonds. The molecule has 25 heteroatoms. The van der Waals surface area contributed by atoms with Gasteiger partial charge in [0.05, 0.1) is 6.61 Å². The van der Waals surface area contributed by atoms with Crippen molar-refractivity contribution in [2.75, 3.05) is 19.8 Å². The monoisotopic (exact) mass is 908 g/mol. The van der Waals surface area contributed by atoms with Gasteiger partial charge in [-0.15, -0.1) is 0 Å². The molecule has 0 saturated carbocycles. The van der Waals surface area contributed by atoms with Crippen molar-refractivity contribution in [3.8, 4) is 0 Å². The minimum Gasteiger partial charge on any atom is -0.463 e. The number of fused-ring (bicyclic) bond motifs is 1. The summed E-state index contributed by atoms with van der Waals surface area (Å²) in [5, 5.41) is 0. The van der Waals surface area contributed by atoms with Crippen molar-refractivity contribution >= 4 is 53.7 Å². The summed E-state index contributed by atoms with van der Waals surface area (Å²) < 4.78 is 91.6. The van der Waals surface area contributed by atoms with E-state index in [0.717, 1.165) is 62.3 Å². The first-order valence-electron chi connectivity index (χ1n) is 19.6. The van der Waals surface area contributed by atoms with Crippen molar-refractivity contribution in [3.63, 3.8) is 0 Å². The summed E-state index contributed by atoms with van der Waals surface area (Å²) in [7, 11) is 0. The zero-order valence-corrected chi connectivity index (χ0v) is 36.1. The van der Waals surface area contributed by atoms with Crippen LogP contribution in [0.2, 0.25) is 0 Å². The summed E-state index contributed by atoms with van der Waals surface area (Å²) in [5.74, 6) is -7.79. The quantitative estimate of drug-likeness (QED) is 0.132. The van der Waals surface area contributed by atoms with Crippen LogP contribution >= 0.6 is 0 Å². The van der Waals surface area contributed by atoms with E-state index in [4.69, 9.17) is 75.8 Å². The molecule has 4 aliphatic heterocycles. The number of rotatable bonds is 16. The molecule has 0 radical (unpaired) electrons. The third-order valence-electron chi connectivity index (χ3n) is 9.18. The molecular formula is C38H52O25. The van der Waals surface area contributed by atoms with Crippen molar-refractivity contribution in [1.29, 1.82) is 0 Å². The molecule has 4 rings (SSSR count). The van der Waals surface area contributed by atoms with Gasteiger partial charge in [0.2, 0.25) is 0 Å². The minimum absolute atomic E-state index is 0.563. The van der Waals surface area contributed by atoms with Crippen LogP contribution in [0.1, 0.15) is 69.2 Å². The number of carbonyl (C=O) groups is 9. The van der Waals surface area contributed by atoms with Crippen LogP contribution in [0.5, 0.6) is 0 Å². The fourth-order valence-corrected chi connectivity index (χ4v) is 7.16. The predicted molar refractivity (Wildman–Crippen MR) is 194 cm³/mol. The second kappa shape index (κ2) is 22.5. The molecule has 0 spiro atoms. The molecule has 0 aromatic rings. The van der Waals surface area contributed by atoms with E-state index in [9.17, 15) is 43.2 Å². The normalized spacial score (nSPS) is 34.8. The van der Waals surface area contributed by atoms with E-state index in [1.54, 1.807) is 0 Å². The molecule has 4 aliphatic rings. The Kier molecular flexibility index (Phi) is 18.1. The Morgan fingerprint density at radius 1 is 0.365 bits per heavy atom. The standard InChI is InChI=1S/C38H52O25/c1-14(39)48-11-24-27(51-16(3)41)30(54-19(6)44)33(56-21(8)46)36(60-24)50-13-26-29(53-18(5)43)32(35-37(61-26)59-23(10)58-35)63-38-34(57-22(9)47)31(55-20(7)45)28(52-17(4)42)25(62-38)12-49-15(2)40/h23-38H,11-13H2,1-10H3/t23?,24?,25?,26?,27-,28-,29-,30-,31+,32-,33+,34+,35-,36-,37+,38-/m0/s1. The van der Waals surface area contributed by atoms with Crippen molar-refractivity contribution in [3.05, 3.63) is 0 Å². The lowest BCUT2D eigenvalue weighted by Crippen LogP contribution is -2.66. The van der Waals surface area contributed by atoms with E-state index >= 15 is 0 Å². The first-order valence-corrected chi connectivity index (χ1v) is 19.6. The minimum atomic E-state index is -1.80. The second-order valence-corrected chi connectivity index (χ2v) is 14.5. The van der Waals surface area contributed by atoms with Crippen LogP contribution in [-0.4, -0.2) is 172 Å². The Balaban J connectivity index is 1.76. The van der Waals surface area contributed by atoms with Crippen LogP contribution in [0.4, 0.5) is 0 Å². The van der Waals surface area contributed by atoms with Crippen molar-refractivity contribution in [2.45, 2.75) is 168 Å². The number of hydrogen-bond acceptors (Lipinski definition) is 25. The van der Waals surface area contributed by atoms with Crippen molar-refractivity contribution in [2.24, 2.45) is 0 Å². The van der Waals surface area contributed by atoms with Crippen molar-refractivity contribution < 1.29 is 119 Å². The zero-order chi connectivity index (χ0) is 46.9. The van der Waals surface area contributed by atoms with Crippen LogP contribution in [0.15, 0.2) is 0 Å². The molecule has 0 bridgehead atoms. The van der Waals surface area contributed by atoms with Gasteiger partial charge in [0.15, 0.2) is 67.9 Å². The first-order chi connectivity index (χ1) is 29.5. The molecule has 63 heavy (non-hydrogen) atoms. The first kappa shape index (κ1) is 50.6. The van der Waals surface area contributed by atoms with E-state index in [1.807, 2.05) is 0 Å². The largest absolute Gasteiger partial charge is 0.463 e. The highest BCUT2D eigenvalue weighted by atomic mass is 16.8. The van der Waals surface area contributed by atoms with Crippen LogP contribution in [-0.2, 0) is 119 Å². The number of ether oxygens (including phenoxy) is 16. The smallest absolute Gasteiger partial charge is 0.303 e. The summed E-state index contributed by atoms with van der Waals surface area (Å²) >= 11 is 0. The van der Waals surface area contributed by atoms with Gasteiger partial charge in [0.25, 0.3) is 0 Å². The molecule has 354 valence electrons. The highest BCUT2D eigenvalue weighted by Gasteiger charge is 2.60. The Bertz CT molecular complexity index is 1700. The van der Waals surface area contributed by atoms with E-state index in [-0.39, 0.29) is 0 Å². The average Bonchev–Trinajstić information content (AvgIpc) is 3.52. The van der Waals surface area contributed by atoms with E-state index in [2.05, 4.69) is 0 Å². The van der Waals surface area contributed by atoms with Crippen LogP contribution in [0.25, 0.3) is 0 Å². The highest BCUT2D eigenvalue weighted by Crippen LogP contribution is 2.39. The van der Waals surface area contributed by atoms with Gasteiger partial charge in [-0.25, -0.2) is 0 Å². The van der Waals surface area contributed by atoms with Gasteiger partial charge in [-0.2, -0.15) is 0 Å². The Morgan fingerprint density at radius 2 is 0.714 bits per heavy atom. The Labute approximate surface area is 359 Å². The molecule has 4 saturated heterocycles. The maximum atomic E-state index is 12.8. The Hall–Kier alpha value is -5.05. The lowest BCUT2D eigenvalue weighted by molar-refractivity contribution is -0.352. The van der Waals surface area contributed by atoms with E-state index < -0.39 is 172 Å². The van der Waals surface area contributed by atoms with Gasteiger partial charge < -0.3 is 75.8 Å². The maximum absolute atomic E-state index is 12.8. The van der Waals surface area contributed by atoms with Gasteiger partial charge in [-0.3, -0.25) is 43.2 Å². The number of carbonyl (C=O) groups excluding carboxylic acids is 9. The summed E-state index contributed by atoms with van der Waals surface area (Å²) in [5.41, 5.74) is 0. The van der Waals surface area contributed by atoms with Crippen molar-refractivity contribution in [1.82, 2.24) is 0 Å². The molecule has 0 N–H and O–H groups in total. The predicted octanol–water partition coefficient (Wildman–Crippen LogP) is -1.03. The summed E-state index contributed by atoms with van der Waals surface area (Å²) in [4.78, 5) is 111. The molecule has 0 aromatic carbocycles. The summed E-state index contributed by atoms with van der Waals surface area (Å²) in [6.07, 6.45) is -24.0. The molecule has 4 heterocycles. The van der Waals surface area contributed by atoms with Gasteiger partial charge in [0, 0.05) is 62.3 Å². The second-order valence-electron chi connectivity index (χ2n) is 14.5. The highest BCUT2D eigenvalue weighted by molar-refractivity contribution is 5.70. The third kappa shape index (κ3) is 14.2. The Morgan fingerprint density at radius 3 is 1.13 bits per heavy atom. The molecular weight excluding hydrogens is 856 g/mol. The maximum Gasteiger partial charge on any atom is 0.303 e. The summed E-state index contributed by atoms with van der Waals surface area (Å²) in [6.45, 7) is 9.18. The van der Waals surface area contributed by atoms with Crippen LogP contribution in [0.3, 0.4) is 0 Å². The molecule has 25 nitrogen and oxygen atoms in total. The lowest BCUT2D eigenvalue weighted by Gasteiger charge is -2.48. The molecule has 4 fully saturated rings. The van der Waals surface area contributed by atoms with E-state index in [1.165, 1.54) is 6.92 Å². The molecule has 16 atom stereocenters. The summed E-state index contributed by atoms with van der Waals surface area (Å²) in [6, 6.07) is 0. The number of hydrogen-bond donors (Lipinski definition) is 0. The average molecular weight is 909 g/mol. The SMILES string of the molecule is CC(=O)OCC1O[C@H](OCC2O[C@H]3OC(C)O[C@H]3[C@@H](O[C@@H]3OC(COC(C)=O)[C@H](OC(C)=O)[C@@H](OC(C)=O)[C@H]3OC(C)=O)[C@H]2OC(C)=O)[C@H](OC(C)=O)[C@@H](OC(C)=O)[C@H]1OC(C)=O. The molecule has 0 aliphatic carbocycles. The topological polar surface area (TPSA) is 301 Å². The van der Waals surface area contributed by atoms with Crippen LogP contribution < -0.4 is 0 Å². The van der Waals surface area contributed by atoms with Crippen LogP contribution in [0, 0.1) is 0 Å². The fraction of sp³-hybridized carbons (Fsp3) is 0.763. The van der Waals surface area contributed by atoms with Gasteiger partial charge in [0.1, 0.15) is 43.7 Å². The third-order valence-corrected chi connectivity index (χ3v) is 9.18. The van der Waals surface area contributed by atoms with Gasteiger partial charge >= 0.3 is 53.7 Å². The molecule has 4 unspecified atom stereocenters.